The van der Waals surface area contributed by atoms with Crippen molar-refractivity contribution < 1.29 is 4.68 Å². The summed E-state index contributed by atoms with van der Waals surface area (Å²) in [6, 6.07) is 7.48. The summed E-state index contributed by atoms with van der Waals surface area (Å²) in [5.41, 5.74) is 4.28. The van der Waals surface area contributed by atoms with Gasteiger partial charge in [-0.1, -0.05) is 39.8 Å². The van der Waals surface area contributed by atoms with E-state index in [0.29, 0.717) is 10.8 Å². The van der Waals surface area contributed by atoms with Crippen LogP contribution in [-0.4, -0.2) is 4.98 Å². The van der Waals surface area contributed by atoms with Gasteiger partial charge in [0.1, 0.15) is 0 Å². The van der Waals surface area contributed by atoms with Crippen LogP contribution in [0.25, 0.3) is 5.43 Å². The molecule has 76 valence electrons. The molecule has 0 radical (unpaired) electrons. The molecule has 3 nitrogen and oxygen atoms in total. The molecular formula is C10H7BrClN3. The lowest BCUT2D eigenvalue weighted by Gasteiger charge is -2.10. The molecule has 2 aromatic rings. The minimum Gasteiger partial charge on any atom is -0.436 e. The summed E-state index contributed by atoms with van der Waals surface area (Å²) in [6.07, 6.45) is 5.24. The fourth-order valence-electron chi connectivity index (χ4n) is 1.05. The Kier molecular flexibility index (Phi) is 3.18. The van der Waals surface area contributed by atoms with Crippen LogP contribution in [-0.2, 0) is 0 Å². The molecule has 15 heavy (non-hydrogen) atoms. The van der Waals surface area contributed by atoms with Crippen LogP contribution in [0.4, 0.5) is 5.82 Å². The van der Waals surface area contributed by atoms with Gasteiger partial charge in [0, 0.05) is 27.4 Å². The van der Waals surface area contributed by atoms with E-state index in [0.717, 1.165) is 4.47 Å². The molecule has 0 aliphatic rings. The van der Waals surface area contributed by atoms with Crippen LogP contribution in [0.2, 0.25) is 5.02 Å². The highest BCUT2D eigenvalue weighted by Gasteiger charge is 1.98. The van der Waals surface area contributed by atoms with Gasteiger partial charge in [0.05, 0.1) is 0 Å². The molecular weight excluding hydrogens is 277 g/mol. The molecule has 0 saturated carbocycles. The Morgan fingerprint density at radius 1 is 1.27 bits per heavy atom. The molecule has 0 bridgehead atoms. The maximum absolute atomic E-state index is 5.78. The van der Waals surface area contributed by atoms with Crippen LogP contribution < -0.4 is 4.68 Å². The van der Waals surface area contributed by atoms with Crippen molar-refractivity contribution in [3.05, 3.63) is 57.8 Å². The summed E-state index contributed by atoms with van der Waals surface area (Å²) in [5, 5.41) is 0.582. The van der Waals surface area contributed by atoms with Crippen LogP contribution >= 0.6 is 27.5 Å². The quantitative estimate of drug-likeness (QED) is 0.779. The van der Waals surface area contributed by atoms with Gasteiger partial charge in [0.2, 0.25) is 0 Å². The number of pyridine rings is 2. The highest BCUT2D eigenvalue weighted by atomic mass is 79.9. The largest absolute Gasteiger partial charge is 0.436 e. The predicted molar refractivity (Wildman–Crippen MR) is 62.0 cm³/mol. The van der Waals surface area contributed by atoms with Gasteiger partial charge in [0.25, 0.3) is 0 Å². The molecule has 0 fully saturated rings. The molecule has 0 aliphatic carbocycles. The molecule has 5 heteroatoms. The Bertz CT molecular complexity index is 461. The average molecular weight is 285 g/mol. The zero-order chi connectivity index (χ0) is 10.7. The van der Waals surface area contributed by atoms with E-state index in [2.05, 4.69) is 26.3 Å². The fraction of sp³-hybridized carbons (Fsp3) is 0. The van der Waals surface area contributed by atoms with Crippen molar-refractivity contribution in [1.82, 2.24) is 4.98 Å². The first kappa shape index (κ1) is 10.4. The average Bonchev–Trinajstić information content (AvgIpc) is 2.24. The molecule has 0 saturated heterocycles. The highest BCUT2D eigenvalue weighted by Crippen LogP contribution is 2.26. The summed E-state index contributed by atoms with van der Waals surface area (Å²) >= 11 is 9.13. The van der Waals surface area contributed by atoms with Gasteiger partial charge in [-0.15, -0.1) is 0 Å². The highest BCUT2D eigenvalue weighted by molar-refractivity contribution is 9.10. The van der Waals surface area contributed by atoms with Gasteiger partial charge >= 0.3 is 0 Å². The van der Waals surface area contributed by atoms with E-state index in [1.165, 1.54) is 0 Å². The molecule has 2 heterocycles. The standard InChI is InChI=1S/C10H7BrClN3/c11-9-6-8(12)7-13-10(9)14-15-4-2-1-3-5-15/h1-7H. The van der Waals surface area contributed by atoms with Gasteiger partial charge in [-0.05, 0) is 6.07 Å². The number of hydrogen-bond acceptors (Lipinski definition) is 1. The molecule has 2 aromatic heterocycles. The van der Waals surface area contributed by atoms with Gasteiger partial charge < -0.3 is 4.98 Å². The van der Waals surface area contributed by atoms with Gasteiger partial charge in [-0.3, -0.25) is 0 Å². The topological polar surface area (TPSA) is 30.9 Å². The first-order valence-electron chi connectivity index (χ1n) is 4.25. The number of halogens is 2. The molecule has 0 N–H and O–H groups in total. The van der Waals surface area contributed by atoms with E-state index in [9.17, 15) is 0 Å². The second-order valence-electron chi connectivity index (χ2n) is 2.81. The maximum atomic E-state index is 5.78. The van der Waals surface area contributed by atoms with Crippen LogP contribution in [0.5, 0.6) is 0 Å². The van der Waals surface area contributed by atoms with Crippen LogP contribution in [0, 0.1) is 0 Å². The summed E-state index contributed by atoms with van der Waals surface area (Å²) in [7, 11) is 0. The first-order chi connectivity index (χ1) is 7.25. The van der Waals surface area contributed by atoms with Crippen molar-refractivity contribution in [3.8, 4) is 0 Å². The Hall–Kier alpha value is -1.13. The van der Waals surface area contributed by atoms with Gasteiger partial charge in [-0.2, -0.15) is 10.1 Å². The molecule has 0 spiro atoms. The zero-order valence-corrected chi connectivity index (χ0v) is 9.98. The lowest BCUT2D eigenvalue weighted by Crippen LogP contribution is -2.26. The zero-order valence-electron chi connectivity index (χ0n) is 7.64. The van der Waals surface area contributed by atoms with Crippen molar-refractivity contribution >= 4 is 33.3 Å². The molecule has 0 unspecified atom stereocenters. The normalized spacial score (nSPS) is 10.0. The van der Waals surface area contributed by atoms with Crippen LogP contribution in [0.15, 0.2) is 47.3 Å². The molecule has 2 rings (SSSR count). The van der Waals surface area contributed by atoms with Crippen molar-refractivity contribution in [2.24, 2.45) is 0 Å². The molecule has 0 aliphatic heterocycles. The van der Waals surface area contributed by atoms with Gasteiger partial charge in [-0.25, -0.2) is 0 Å². The summed E-state index contributed by atoms with van der Waals surface area (Å²) < 4.78 is 2.45. The summed E-state index contributed by atoms with van der Waals surface area (Å²) in [5.74, 6) is 0.593. The number of rotatable bonds is 2. The molecule has 0 atom stereocenters. The van der Waals surface area contributed by atoms with E-state index in [1.807, 2.05) is 30.6 Å². The lowest BCUT2D eigenvalue weighted by atomic mass is 10.5. The lowest BCUT2D eigenvalue weighted by molar-refractivity contribution is -0.619. The smallest absolute Gasteiger partial charge is 0.182 e. The monoisotopic (exact) mass is 283 g/mol. The van der Waals surface area contributed by atoms with Crippen molar-refractivity contribution in [3.63, 3.8) is 0 Å². The minimum atomic E-state index is 0.582. The second kappa shape index (κ2) is 4.59. The molecule has 0 amide bonds. The molecule has 0 aromatic carbocycles. The summed E-state index contributed by atoms with van der Waals surface area (Å²) in [4.78, 5) is 4.11. The SMILES string of the molecule is Clc1cnc([N-][n+]2ccccc2)c(Br)c1. The van der Waals surface area contributed by atoms with E-state index >= 15 is 0 Å². The van der Waals surface area contributed by atoms with Gasteiger partial charge in [0.15, 0.2) is 12.4 Å². The van der Waals surface area contributed by atoms with Crippen molar-refractivity contribution in [2.45, 2.75) is 0 Å². The Morgan fingerprint density at radius 3 is 2.67 bits per heavy atom. The van der Waals surface area contributed by atoms with Crippen molar-refractivity contribution in [1.29, 1.82) is 0 Å². The third-order valence-electron chi connectivity index (χ3n) is 1.70. The van der Waals surface area contributed by atoms with Crippen LogP contribution in [0.1, 0.15) is 0 Å². The van der Waals surface area contributed by atoms with Crippen molar-refractivity contribution in [2.75, 3.05) is 0 Å². The fourth-order valence-corrected chi connectivity index (χ4v) is 1.76. The van der Waals surface area contributed by atoms with E-state index in [-0.39, 0.29) is 0 Å². The summed E-state index contributed by atoms with van der Waals surface area (Å²) in [6.45, 7) is 0. The Balaban J connectivity index is 2.25. The second-order valence-corrected chi connectivity index (χ2v) is 4.11. The van der Waals surface area contributed by atoms with Crippen LogP contribution in [0.3, 0.4) is 0 Å². The van der Waals surface area contributed by atoms with E-state index < -0.39 is 0 Å². The number of nitrogens with zero attached hydrogens (tertiary/aromatic N) is 3. The van der Waals surface area contributed by atoms with E-state index in [1.54, 1.807) is 16.9 Å². The Morgan fingerprint density at radius 2 is 2.00 bits per heavy atom. The van der Waals surface area contributed by atoms with E-state index in [4.69, 9.17) is 11.6 Å². The minimum absolute atomic E-state index is 0.582. The third-order valence-corrected chi connectivity index (χ3v) is 2.49. The third kappa shape index (κ3) is 2.67. The Labute approximate surface area is 101 Å². The first-order valence-corrected chi connectivity index (χ1v) is 5.42. The maximum Gasteiger partial charge on any atom is 0.182 e. The predicted octanol–water partition coefficient (Wildman–Crippen LogP) is 3.25. The number of aromatic nitrogens is 2. The number of hydrogen-bond donors (Lipinski definition) is 0.